The summed E-state index contributed by atoms with van der Waals surface area (Å²) in [6.45, 7) is 52.1. The van der Waals surface area contributed by atoms with Crippen molar-refractivity contribution in [2.24, 2.45) is 202 Å². The predicted octanol–water partition coefficient (Wildman–Crippen LogP) is 28.0. The highest BCUT2D eigenvalue weighted by Crippen LogP contribution is 2.74. The molecule has 20 aliphatic carbocycles. The Balaban J connectivity index is 0.000000176. The fraction of sp³-hybridized carbons (Fsp3) is 0.910. The van der Waals surface area contributed by atoms with Gasteiger partial charge in [0.05, 0.1) is 54.2 Å². The average molecular weight is 1980 g/mol. The first-order valence-electron chi connectivity index (χ1n) is 55.6. The maximum atomic E-state index is 13.6. The number of hydrogen-bond acceptors (Lipinski definition) is 15. The van der Waals surface area contributed by atoms with Gasteiger partial charge < -0.3 is 39.0 Å². The number of rotatable bonds is 12. The number of hydrogen-bond donors (Lipinski definition) is 3. The Morgan fingerprint density at radius 1 is 0.360 bits per heavy atom. The van der Waals surface area contributed by atoms with Crippen molar-refractivity contribution in [2.45, 2.75) is 463 Å². The lowest BCUT2D eigenvalue weighted by molar-refractivity contribution is -0.178. The molecule has 0 aromatic carbocycles. The van der Waals surface area contributed by atoms with Crippen LogP contribution in [-0.2, 0) is 57.2 Å². The predicted molar refractivity (Wildman–Crippen MR) is 566 cm³/mol. The molecule has 20 aliphatic rings. The van der Waals surface area contributed by atoms with Crippen LogP contribution in [0.15, 0.2) is 23.3 Å². The number of allylic oxidation sites excluding steroid dienone is 4. The molecule has 0 saturated heterocycles. The molecule has 1 unspecified atom stereocenters. The summed E-state index contributed by atoms with van der Waals surface area (Å²) < 4.78 is 30.1. The van der Waals surface area contributed by atoms with Crippen molar-refractivity contribution in [3.8, 4) is 0 Å². The normalized spacial score (nSPS) is 49.7. The van der Waals surface area contributed by atoms with Crippen molar-refractivity contribution in [3.05, 3.63) is 23.3 Å². The summed E-state index contributed by atoms with van der Waals surface area (Å²) in [5.41, 5.74) is 3.11. The molecule has 0 amide bonds. The molecule has 20 fully saturated rings. The first-order valence-corrected chi connectivity index (χ1v) is 56.7. The molecule has 0 heterocycles. The molecule has 0 aromatic rings. The number of aliphatic hydroxyl groups is 3. The van der Waals surface area contributed by atoms with Crippen molar-refractivity contribution in [2.75, 3.05) is 38.4 Å². The standard InChI is InChI=1S/C24H40O3.C24H38O3.C24H38O2.C23H36O3.C21H32O4.CH2Cl2.5CH4/c2*1-6-27-21-13-23(4)16(11-14(21)2)7-8-17-19-10-9-18(15(3)25)24(19,5)12-20(26)22(17)23;1-6-16-9-11-19-18-10-8-17-12-15(3)21(26-7-2)14-24(17,5)22(18)20(25)13-23(16,19)4;1-5-14-8-10-17-16-9-7-15-11-18(24)20(26-6-2)13-23(15,4)21(16)19(25)12-22(14,17)3;1-4-25-17-11-20(2)12(9-15(17)22)5-6-13-14-7-8-18(24)21(14,3)10-16(23)19(13)20;2-1-3;;;;;/h14-19,21-22,25H,6-13H2,1-5H3;14,16-19,21-22H,6-13H2,1-5H3;6,15,17-19,21-22H,7-14H2,1-5H3;5,15-18,20-21,24H,6-13H2,1-4H3;12-15,17,19,22H,4-11H2,1-3H3;1H2;5*1H4/b;;16-6-;14-5-;;;;;;;/t14-,15?,16-,17-,18+,19-,21-,22+,23-,24+;14-,16-,17-,18+,19-,21-,22+,23-,24+;15-,17-,18-,19-,21-,22+,23+,24-;15-,16-,17-,18-,20-,21+,22+,23-;12-,13-,14-,15-,17-,19+,20-,21-;;;;;;/m00000....../s1. The average Bonchev–Trinajstić information content (AvgIpc) is 1.52. The monoisotopic (exact) mass is 1980 g/mol. The first kappa shape index (κ1) is 118. The van der Waals surface area contributed by atoms with Crippen LogP contribution in [-0.4, -0.2) is 143 Å². The van der Waals surface area contributed by atoms with Gasteiger partial charge in [0.1, 0.15) is 40.5 Å². The molecule has 0 aliphatic heterocycles. The van der Waals surface area contributed by atoms with Crippen LogP contribution >= 0.6 is 23.2 Å². The molecule has 0 aromatic heterocycles. The van der Waals surface area contributed by atoms with E-state index in [2.05, 4.69) is 130 Å². The van der Waals surface area contributed by atoms with Gasteiger partial charge in [-0.05, 0) is 410 Å². The summed E-state index contributed by atoms with van der Waals surface area (Å²) in [5, 5.41) is 31.6. The first-order chi connectivity index (χ1) is 63.4. The zero-order valence-electron chi connectivity index (χ0n) is 87.7. The number of carbonyl (C=O) groups is 7. The van der Waals surface area contributed by atoms with E-state index in [0.29, 0.717) is 204 Å². The maximum Gasteiger partial charge on any atom is 0.139 e. The molecular weight excluding hydrogens is 1780 g/mol. The highest BCUT2D eigenvalue weighted by atomic mass is 35.5. The van der Waals surface area contributed by atoms with E-state index in [0.717, 1.165) is 122 Å². The molecule has 20 rings (SSSR count). The lowest BCUT2D eigenvalue weighted by Gasteiger charge is -2.61. The van der Waals surface area contributed by atoms with Crippen molar-refractivity contribution in [1.29, 1.82) is 0 Å². The second kappa shape index (κ2) is 45.7. The Morgan fingerprint density at radius 3 is 0.942 bits per heavy atom. The van der Waals surface area contributed by atoms with Gasteiger partial charge in [0.25, 0.3) is 0 Å². The maximum absolute atomic E-state index is 13.6. The second-order valence-corrected chi connectivity index (χ2v) is 52.6. The molecule has 798 valence electrons. The Bertz CT molecular complexity index is 4160. The molecule has 0 spiro atoms. The summed E-state index contributed by atoms with van der Waals surface area (Å²) in [6, 6.07) is 0. The Hall–Kier alpha value is -2.57. The zero-order chi connectivity index (χ0) is 97.2. The van der Waals surface area contributed by atoms with Crippen molar-refractivity contribution >= 4 is 63.7 Å². The van der Waals surface area contributed by atoms with E-state index < -0.39 is 11.5 Å². The summed E-state index contributed by atoms with van der Waals surface area (Å²) in [5.74, 6) is 14.4. The van der Waals surface area contributed by atoms with Gasteiger partial charge in [0.15, 0.2) is 0 Å². The van der Waals surface area contributed by atoms with E-state index >= 15 is 0 Å². The number of ketones is 7. The smallest absolute Gasteiger partial charge is 0.139 e. The van der Waals surface area contributed by atoms with Crippen LogP contribution in [0, 0.1) is 202 Å². The lowest BCUT2D eigenvalue weighted by atomic mass is 9.43. The Morgan fingerprint density at radius 2 is 0.626 bits per heavy atom. The SMILES string of the molecule is C.C.C.C.C.C/C=C1/CC[C@H]2[C@@H]3CC[C@H]4C[C@H](C)[C@@H](OCC)C[C@]4(C)[C@H]3C(=O)C[C@]12C.C/C=C1/CC[C@H]2[C@@H]3CC[C@H]4C[C@H](O)[C@@H](OCC)C[C@]4(C)[C@H]3C(=O)C[C@]12C.CCO[C@H]1C[C@@]2(C)[C@@H](CC[C@@H]3[C@@H]2C(=O)C[C@]2(C)C(=O)CC[C@@H]32)C[C@@H]1O.CCO[C@H]1C[C@@]2(C)[C@@H](CC[C@H]3[C@@H]4CC[C@H](C(C)=O)[C@@]4(C)CC(=O)[C@@H]32)C[C@@H]1C.CCO[C@H]1C[C@@]2(C)[C@@H](CC[C@H]3[C@@H]4CC[C@H](C(C)O)[C@@]4(C)CC(=O)[C@@H]32)C[C@@H]1C.ClCCl. The van der Waals surface area contributed by atoms with Crippen LogP contribution < -0.4 is 0 Å². The van der Waals surface area contributed by atoms with Crippen LogP contribution in [0.25, 0.3) is 0 Å². The van der Waals surface area contributed by atoms with E-state index in [1.165, 1.54) is 108 Å². The van der Waals surface area contributed by atoms with E-state index in [-0.39, 0.29) is 151 Å². The number of Topliss-reactive ketones (excluding diaryl/α,β-unsaturated/α-hetero) is 7. The summed E-state index contributed by atoms with van der Waals surface area (Å²) in [6.07, 6.45) is 40.5. The van der Waals surface area contributed by atoms with Gasteiger partial charge in [-0.25, -0.2) is 0 Å². The van der Waals surface area contributed by atoms with Gasteiger partial charge in [-0.3, -0.25) is 33.6 Å². The van der Waals surface area contributed by atoms with Gasteiger partial charge in [0, 0.05) is 112 Å². The fourth-order valence-corrected chi connectivity index (χ4v) is 40.0. The van der Waals surface area contributed by atoms with E-state index in [4.69, 9.17) is 46.9 Å². The second-order valence-electron chi connectivity index (χ2n) is 51.8. The molecule has 17 heteroatoms. The van der Waals surface area contributed by atoms with Gasteiger partial charge in [-0.15, -0.1) is 23.2 Å². The molecule has 0 radical (unpaired) electrons. The Kier molecular flexibility index (Phi) is 38.9. The van der Waals surface area contributed by atoms with Crippen molar-refractivity contribution in [1.82, 2.24) is 0 Å². The van der Waals surface area contributed by atoms with Crippen molar-refractivity contribution < 1.29 is 72.6 Å². The molecule has 43 atom stereocenters. The van der Waals surface area contributed by atoms with E-state index in [1.54, 1.807) is 12.5 Å². The van der Waals surface area contributed by atoms with Crippen molar-refractivity contribution in [3.63, 3.8) is 0 Å². The number of aliphatic hydroxyl groups excluding tert-OH is 3. The van der Waals surface area contributed by atoms with E-state index in [9.17, 15) is 48.9 Å². The molecule has 20 saturated carbocycles. The highest BCUT2D eigenvalue weighted by molar-refractivity contribution is 6.40. The van der Waals surface area contributed by atoms with Gasteiger partial charge >= 0.3 is 0 Å². The minimum Gasteiger partial charge on any atom is -0.393 e. The Labute approximate surface area is 857 Å². The summed E-state index contributed by atoms with van der Waals surface area (Å²) >= 11 is 9.53. The third-order valence-electron chi connectivity index (χ3n) is 45.9. The topological polar surface area (TPSA) is 226 Å². The van der Waals surface area contributed by atoms with Crippen LogP contribution in [0.5, 0.6) is 0 Å². The zero-order valence-corrected chi connectivity index (χ0v) is 89.2. The lowest BCUT2D eigenvalue weighted by Crippen LogP contribution is -2.60. The van der Waals surface area contributed by atoms with Gasteiger partial charge in [0.2, 0.25) is 0 Å². The number of carbonyl (C=O) groups excluding carboxylic acids is 7. The third-order valence-corrected chi connectivity index (χ3v) is 45.9. The number of ether oxygens (including phenoxy) is 5. The van der Waals surface area contributed by atoms with Crippen LogP contribution in [0.4, 0.5) is 0 Å². The van der Waals surface area contributed by atoms with Gasteiger partial charge in [-0.2, -0.15) is 0 Å². The van der Waals surface area contributed by atoms with E-state index in [1.807, 2.05) is 27.7 Å². The van der Waals surface area contributed by atoms with Gasteiger partial charge in [-0.1, -0.05) is 150 Å². The van der Waals surface area contributed by atoms with Crippen LogP contribution in [0.1, 0.15) is 414 Å². The van der Waals surface area contributed by atoms with Crippen LogP contribution in [0.3, 0.4) is 0 Å². The third kappa shape index (κ3) is 20.3. The molecule has 0 bridgehead atoms. The summed E-state index contributed by atoms with van der Waals surface area (Å²) in [7, 11) is 0. The number of fused-ring (bicyclic) bond motifs is 25. The molecule has 139 heavy (non-hydrogen) atoms. The number of alkyl halides is 2. The molecule has 3 N–H and O–H groups in total. The fourth-order valence-electron chi connectivity index (χ4n) is 40.0. The van der Waals surface area contributed by atoms with Crippen LogP contribution in [0.2, 0.25) is 0 Å². The molecular formula is C122H206Cl2O15. The summed E-state index contributed by atoms with van der Waals surface area (Å²) in [4.78, 5) is 92.4. The molecule has 15 nitrogen and oxygen atoms in total. The highest BCUT2D eigenvalue weighted by Gasteiger charge is 2.71. The number of halogens is 2. The minimum absolute atomic E-state index is 0. The quantitative estimate of drug-likeness (QED) is 0.122. The minimum atomic E-state index is -0.411. The largest absolute Gasteiger partial charge is 0.393 e.